The lowest BCUT2D eigenvalue weighted by molar-refractivity contribution is -0.115. The van der Waals surface area contributed by atoms with E-state index in [9.17, 15) is 4.79 Å². The Bertz CT molecular complexity index is 578. The Morgan fingerprint density at radius 3 is 2.71 bits per heavy atom. The average Bonchev–Trinajstić information content (AvgIpc) is 2.90. The molecule has 0 fully saturated rings. The maximum Gasteiger partial charge on any atom is 0.238 e. The molecule has 6 heteroatoms. The monoisotopic (exact) mass is 288 g/mol. The normalized spacial score (nSPS) is 10.4. The van der Waals surface area contributed by atoms with Crippen LogP contribution >= 0.6 is 0 Å². The van der Waals surface area contributed by atoms with E-state index in [1.54, 1.807) is 11.8 Å². The molecule has 1 aromatic carbocycles. The second-order valence-corrected chi connectivity index (χ2v) is 4.73. The molecule has 112 valence electrons. The highest BCUT2D eigenvalue weighted by molar-refractivity contribution is 5.92. The van der Waals surface area contributed by atoms with Crippen molar-refractivity contribution in [3.63, 3.8) is 0 Å². The Kier molecular flexibility index (Phi) is 5.34. The van der Waals surface area contributed by atoms with Gasteiger partial charge in [0, 0.05) is 18.9 Å². The summed E-state index contributed by atoms with van der Waals surface area (Å²) in [7, 11) is 3.50. The van der Waals surface area contributed by atoms with Gasteiger partial charge >= 0.3 is 0 Å². The fraction of sp³-hybridized carbons (Fsp3) is 0.333. The van der Waals surface area contributed by atoms with Crippen LogP contribution in [0.5, 0.6) is 5.75 Å². The molecule has 21 heavy (non-hydrogen) atoms. The number of aryl methyl sites for hydroxylation is 1. The third-order valence-corrected chi connectivity index (χ3v) is 3.01. The van der Waals surface area contributed by atoms with Gasteiger partial charge in [0.1, 0.15) is 5.75 Å². The van der Waals surface area contributed by atoms with E-state index < -0.39 is 0 Å². The highest BCUT2D eigenvalue weighted by atomic mass is 16.5. The van der Waals surface area contributed by atoms with E-state index in [4.69, 9.17) is 4.74 Å². The number of hydrogen-bond donors (Lipinski definition) is 2. The van der Waals surface area contributed by atoms with Crippen molar-refractivity contribution in [1.82, 2.24) is 15.1 Å². The number of rotatable bonds is 7. The smallest absolute Gasteiger partial charge is 0.238 e. The van der Waals surface area contributed by atoms with Gasteiger partial charge in [-0.1, -0.05) is 0 Å². The van der Waals surface area contributed by atoms with Crippen molar-refractivity contribution < 1.29 is 9.53 Å². The average molecular weight is 288 g/mol. The van der Waals surface area contributed by atoms with E-state index in [-0.39, 0.29) is 12.5 Å². The first kappa shape index (κ1) is 15.1. The van der Waals surface area contributed by atoms with E-state index in [0.29, 0.717) is 0 Å². The lowest BCUT2D eigenvalue weighted by Crippen LogP contribution is -2.29. The second-order valence-electron chi connectivity index (χ2n) is 4.73. The molecule has 0 saturated heterocycles. The molecule has 0 saturated carbocycles. The number of hydrogen-bond acceptors (Lipinski definition) is 4. The van der Waals surface area contributed by atoms with Gasteiger partial charge in [-0.05, 0) is 42.8 Å². The van der Waals surface area contributed by atoms with Crippen LogP contribution in [0, 0.1) is 0 Å². The molecule has 2 N–H and O–H groups in total. The molecule has 2 aromatic rings. The van der Waals surface area contributed by atoms with E-state index in [1.807, 2.05) is 43.7 Å². The number of benzene rings is 1. The van der Waals surface area contributed by atoms with Crippen molar-refractivity contribution in [1.29, 1.82) is 0 Å². The standard InChI is InChI=1S/C15H20N4O2/c1-19-11-12(9-17-19)7-8-16-10-15(20)18-13-3-5-14(21-2)6-4-13/h3-6,9,11,16H,7-8,10H2,1-2H3,(H,18,20). The number of carbonyl (C=O) groups excluding carboxylic acids is 1. The molecule has 0 aliphatic rings. The largest absolute Gasteiger partial charge is 0.497 e. The zero-order chi connectivity index (χ0) is 15.1. The van der Waals surface area contributed by atoms with Crippen LogP contribution in [0.1, 0.15) is 5.56 Å². The van der Waals surface area contributed by atoms with E-state index in [0.717, 1.165) is 30.0 Å². The molecular weight excluding hydrogens is 268 g/mol. The Hall–Kier alpha value is -2.34. The molecule has 6 nitrogen and oxygen atoms in total. The van der Waals surface area contributed by atoms with Crippen LogP contribution in [0.15, 0.2) is 36.7 Å². The van der Waals surface area contributed by atoms with E-state index in [1.165, 1.54) is 0 Å². The van der Waals surface area contributed by atoms with Crippen LogP contribution in [0.2, 0.25) is 0 Å². The molecule has 1 aromatic heterocycles. The first-order chi connectivity index (χ1) is 10.2. The van der Waals surface area contributed by atoms with Crippen molar-refractivity contribution in [2.45, 2.75) is 6.42 Å². The second kappa shape index (κ2) is 7.44. The number of carbonyl (C=O) groups is 1. The molecule has 0 aliphatic carbocycles. The number of amides is 1. The highest BCUT2D eigenvalue weighted by Gasteiger charge is 2.02. The van der Waals surface area contributed by atoms with Crippen LogP contribution in [0.3, 0.4) is 0 Å². The summed E-state index contributed by atoms with van der Waals surface area (Å²) in [5.74, 6) is 0.703. The zero-order valence-corrected chi connectivity index (χ0v) is 12.3. The quantitative estimate of drug-likeness (QED) is 0.751. The van der Waals surface area contributed by atoms with Gasteiger partial charge in [0.25, 0.3) is 0 Å². The number of nitrogens with zero attached hydrogens (tertiary/aromatic N) is 2. The SMILES string of the molecule is COc1ccc(NC(=O)CNCCc2cnn(C)c2)cc1. The molecule has 0 bridgehead atoms. The minimum absolute atomic E-state index is 0.0636. The van der Waals surface area contributed by atoms with Gasteiger partial charge in [0.15, 0.2) is 0 Å². The molecule has 2 rings (SSSR count). The summed E-state index contributed by atoms with van der Waals surface area (Å²) < 4.78 is 6.84. The summed E-state index contributed by atoms with van der Waals surface area (Å²) in [6.45, 7) is 1.02. The van der Waals surface area contributed by atoms with Crippen LogP contribution in [-0.2, 0) is 18.3 Å². The number of ether oxygens (including phenoxy) is 1. The summed E-state index contributed by atoms with van der Waals surface area (Å²) in [4.78, 5) is 11.8. The summed E-state index contributed by atoms with van der Waals surface area (Å²) >= 11 is 0. The molecule has 1 heterocycles. The minimum atomic E-state index is -0.0636. The highest BCUT2D eigenvalue weighted by Crippen LogP contribution is 2.14. The Labute approximate surface area is 124 Å². The van der Waals surface area contributed by atoms with Crippen molar-refractivity contribution in [3.05, 3.63) is 42.2 Å². The van der Waals surface area contributed by atoms with Gasteiger partial charge in [0.05, 0.1) is 19.9 Å². The fourth-order valence-corrected chi connectivity index (χ4v) is 1.92. The van der Waals surface area contributed by atoms with Crippen LogP contribution in [0.25, 0.3) is 0 Å². The Balaban J connectivity index is 1.67. The first-order valence-corrected chi connectivity index (χ1v) is 6.79. The fourth-order valence-electron chi connectivity index (χ4n) is 1.92. The van der Waals surface area contributed by atoms with E-state index in [2.05, 4.69) is 15.7 Å². The molecular formula is C15H20N4O2. The predicted octanol–water partition coefficient (Wildman–Crippen LogP) is 1.20. The third-order valence-electron chi connectivity index (χ3n) is 3.01. The molecule has 1 amide bonds. The summed E-state index contributed by atoms with van der Waals surface area (Å²) in [5, 5.41) is 10.0. The topological polar surface area (TPSA) is 68.2 Å². The summed E-state index contributed by atoms with van der Waals surface area (Å²) in [6, 6.07) is 7.25. The number of methoxy groups -OCH3 is 1. The summed E-state index contributed by atoms with van der Waals surface area (Å²) in [5.41, 5.74) is 1.91. The zero-order valence-electron chi connectivity index (χ0n) is 12.3. The van der Waals surface area contributed by atoms with Gasteiger partial charge < -0.3 is 15.4 Å². The molecule has 0 atom stereocenters. The van der Waals surface area contributed by atoms with Crippen molar-refractivity contribution in [2.24, 2.45) is 7.05 Å². The third kappa shape index (κ3) is 4.92. The minimum Gasteiger partial charge on any atom is -0.497 e. The number of aromatic nitrogens is 2. The summed E-state index contributed by atoms with van der Waals surface area (Å²) in [6.07, 6.45) is 4.65. The van der Waals surface area contributed by atoms with Gasteiger partial charge in [-0.2, -0.15) is 5.10 Å². The van der Waals surface area contributed by atoms with Crippen LogP contribution in [-0.4, -0.2) is 35.9 Å². The molecule has 0 aliphatic heterocycles. The Morgan fingerprint density at radius 2 is 2.10 bits per heavy atom. The van der Waals surface area contributed by atoms with Gasteiger partial charge in [-0.25, -0.2) is 0 Å². The van der Waals surface area contributed by atoms with Crippen molar-refractivity contribution in [2.75, 3.05) is 25.5 Å². The number of nitrogens with one attached hydrogen (secondary N) is 2. The van der Waals surface area contributed by atoms with Gasteiger partial charge in [0.2, 0.25) is 5.91 Å². The molecule has 0 radical (unpaired) electrons. The van der Waals surface area contributed by atoms with Gasteiger partial charge in [-0.3, -0.25) is 9.48 Å². The lowest BCUT2D eigenvalue weighted by atomic mass is 10.2. The molecule has 0 unspecified atom stereocenters. The van der Waals surface area contributed by atoms with E-state index >= 15 is 0 Å². The van der Waals surface area contributed by atoms with Crippen molar-refractivity contribution >= 4 is 11.6 Å². The predicted molar refractivity (Wildman–Crippen MR) is 81.4 cm³/mol. The van der Waals surface area contributed by atoms with Gasteiger partial charge in [-0.15, -0.1) is 0 Å². The number of anilines is 1. The maximum absolute atomic E-state index is 11.8. The lowest BCUT2D eigenvalue weighted by Gasteiger charge is -2.07. The van der Waals surface area contributed by atoms with Crippen LogP contribution in [0.4, 0.5) is 5.69 Å². The first-order valence-electron chi connectivity index (χ1n) is 6.79. The Morgan fingerprint density at radius 1 is 1.33 bits per heavy atom. The molecule has 0 spiro atoms. The van der Waals surface area contributed by atoms with Crippen LogP contribution < -0.4 is 15.4 Å². The maximum atomic E-state index is 11.8. The van der Waals surface area contributed by atoms with Crippen molar-refractivity contribution in [3.8, 4) is 5.75 Å².